The summed E-state index contributed by atoms with van der Waals surface area (Å²) < 4.78 is 2.22. The van der Waals surface area contributed by atoms with E-state index in [1.165, 1.54) is 11.3 Å². The van der Waals surface area contributed by atoms with E-state index in [-0.39, 0.29) is 5.78 Å². The highest BCUT2D eigenvalue weighted by Gasteiger charge is 2.24. The maximum Gasteiger partial charge on any atom is 0.194 e. The molecule has 0 radical (unpaired) electrons. The fourth-order valence-electron chi connectivity index (χ4n) is 2.21. The molecular formula is C16H11NOS2. The Labute approximate surface area is 124 Å². The van der Waals surface area contributed by atoms with E-state index < -0.39 is 5.92 Å². The number of ketones is 1. The first kappa shape index (κ1) is 13.0. The van der Waals surface area contributed by atoms with Crippen LogP contribution in [0.25, 0.3) is 9.40 Å². The van der Waals surface area contributed by atoms with E-state index in [4.69, 9.17) is 0 Å². The third-order valence-corrected chi connectivity index (χ3v) is 5.38. The van der Waals surface area contributed by atoms with Gasteiger partial charge in [0.2, 0.25) is 0 Å². The van der Waals surface area contributed by atoms with Crippen molar-refractivity contribution in [2.75, 3.05) is 0 Å². The summed E-state index contributed by atoms with van der Waals surface area (Å²) in [5, 5.41) is 11.4. The lowest BCUT2D eigenvalue weighted by molar-refractivity contribution is 0.0982. The number of carbonyl (C=O) groups excluding carboxylic acids is 1. The monoisotopic (exact) mass is 297 g/mol. The predicted octanol–water partition coefficient (Wildman–Crippen LogP) is 4.76. The number of aryl methyl sites for hydroxylation is 1. The summed E-state index contributed by atoms with van der Waals surface area (Å²) in [5.74, 6) is -0.820. The number of nitrogens with zero attached hydrogens (tertiary/aromatic N) is 1. The number of rotatable bonds is 3. The van der Waals surface area contributed by atoms with Gasteiger partial charge in [-0.1, -0.05) is 24.3 Å². The zero-order chi connectivity index (χ0) is 14.1. The zero-order valence-corrected chi connectivity index (χ0v) is 12.4. The van der Waals surface area contributed by atoms with E-state index in [1.54, 1.807) is 11.3 Å². The second-order valence-corrected chi connectivity index (χ2v) is 6.57. The summed E-state index contributed by atoms with van der Waals surface area (Å²) in [6.45, 7) is 1.93. The van der Waals surface area contributed by atoms with Gasteiger partial charge in [0.1, 0.15) is 5.92 Å². The molecule has 20 heavy (non-hydrogen) atoms. The summed E-state index contributed by atoms with van der Waals surface area (Å²) >= 11 is 3.09. The van der Waals surface area contributed by atoms with E-state index in [0.717, 1.165) is 20.5 Å². The third-order valence-electron chi connectivity index (χ3n) is 3.27. The number of benzene rings is 1. The molecule has 2 aromatic heterocycles. The van der Waals surface area contributed by atoms with E-state index in [0.29, 0.717) is 4.88 Å². The number of fused-ring (bicyclic) bond motifs is 1. The van der Waals surface area contributed by atoms with Gasteiger partial charge in [-0.3, -0.25) is 4.79 Å². The molecule has 2 nitrogen and oxygen atoms in total. The quantitative estimate of drug-likeness (QED) is 0.654. The highest BCUT2D eigenvalue weighted by atomic mass is 32.1. The van der Waals surface area contributed by atoms with Crippen molar-refractivity contribution in [1.82, 2.24) is 0 Å². The fourth-order valence-corrected chi connectivity index (χ4v) is 4.29. The first-order chi connectivity index (χ1) is 9.70. The Morgan fingerprint density at radius 2 is 2.05 bits per heavy atom. The smallest absolute Gasteiger partial charge is 0.194 e. The van der Waals surface area contributed by atoms with Crippen LogP contribution in [0.5, 0.6) is 0 Å². The lowest BCUT2D eigenvalue weighted by Gasteiger charge is -2.10. The van der Waals surface area contributed by atoms with Gasteiger partial charge >= 0.3 is 0 Å². The molecule has 4 heteroatoms. The summed E-state index contributed by atoms with van der Waals surface area (Å²) in [6, 6.07) is 13.6. The molecule has 0 fully saturated rings. The lowest BCUT2D eigenvalue weighted by atomic mass is 9.92. The van der Waals surface area contributed by atoms with E-state index in [1.807, 2.05) is 48.7 Å². The van der Waals surface area contributed by atoms with Crippen LogP contribution in [-0.2, 0) is 0 Å². The summed E-state index contributed by atoms with van der Waals surface area (Å²) in [6.07, 6.45) is 0. The molecule has 0 bridgehead atoms. The van der Waals surface area contributed by atoms with Gasteiger partial charge in [-0.15, -0.1) is 22.7 Å². The van der Waals surface area contributed by atoms with Gasteiger partial charge in [0.25, 0.3) is 0 Å². The molecule has 0 aliphatic heterocycles. The molecule has 0 aliphatic carbocycles. The van der Waals surface area contributed by atoms with Crippen molar-refractivity contribution < 1.29 is 4.79 Å². The van der Waals surface area contributed by atoms with Crippen molar-refractivity contribution in [3.63, 3.8) is 0 Å². The minimum absolute atomic E-state index is 0.102. The van der Waals surface area contributed by atoms with Gasteiger partial charge in [0, 0.05) is 9.40 Å². The third kappa shape index (κ3) is 2.15. The molecule has 3 aromatic rings. The van der Waals surface area contributed by atoms with E-state index >= 15 is 0 Å². The van der Waals surface area contributed by atoms with Crippen molar-refractivity contribution >= 4 is 37.9 Å². The van der Waals surface area contributed by atoms with Crippen LogP contribution in [-0.4, -0.2) is 5.78 Å². The number of hydrogen-bond acceptors (Lipinski definition) is 4. The Morgan fingerprint density at radius 3 is 2.75 bits per heavy atom. The number of nitriles is 1. The summed E-state index contributed by atoms with van der Waals surface area (Å²) in [5.41, 5.74) is 1.78. The van der Waals surface area contributed by atoms with Crippen molar-refractivity contribution in [3.05, 3.63) is 57.8 Å². The second kappa shape index (κ2) is 5.20. The fraction of sp³-hybridized carbons (Fsp3) is 0.125. The van der Waals surface area contributed by atoms with Crippen LogP contribution in [0.15, 0.2) is 41.8 Å². The van der Waals surface area contributed by atoms with Gasteiger partial charge < -0.3 is 0 Å². The minimum Gasteiger partial charge on any atom is -0.291 e. The molecule has 0 amide bonds. The van der Waals surface area contributed by atoms with Crippen molar-refractivity contribution in [2.24, 2.45) is 0 Å². The van der Waals surface area contributed by atoms with Crippen LogP contribution in [0.2, 0.25) is 0 Å². The van der Waals surface area contributed by atoms with Gasteiger partial charge in [-0.2, -0.15) is 5.26 Å². The molecule has 2 heterocycles. The zero-order valence-electron chi connectivity index (χ0n) is 10.8. The minimum atomic E-state index is -0.719. The maximum absolute atomic E-state index is 12.6. The van der Waals surface area contributed by atoms with Crippen molar-refractivity contribution in [2.45, 2.75) is 12.8 Å². The van der Waals surface area contributed by atoms with Crippen molar-refractivity contribution in [3.8, 4) is 6.07 Å². The molecular weight excluding hydrogens is 286 g/mol. The second-order valence-electron chi connectivity index (χ2n) is 4.54. The SMILES string of the molecule is Cc1ccccc1C(C#N)C(=O)c1cc2sccc2s1. The highest BCUT2D eigenvalue weighted by molar-refractivity contribution is 7.27. The van der Waals surface area contributed by atoms with Gasteiger partial charge in [0.05, 0.1) is 10.9 Å². The van der Waals surface area contributed by atoms with Crippen LogP contribution < -0.4 is 0 Å². The molecule has 0 saturated carbocycles. The first-order valence-electron chi connectivity index (χ1n) is 6.17. The predicted molar refractivity (Wildman–Crippen MR) is 83.6 cm³/mol. The molecule has 98 valence electrons. The molecule has 1 aromatic carbocycles. The Bertz CT molecular complexity index is 794. The first-order valence-corrected chi connectivity index (χ1v) is 7.86. The Hall–Kier alpha value is -1.96. The summed E-state index contributed by atoms with van der Waals surface area (Å²) in [4.78, 5) is 13.3. The Balaban J connectivity index is 2.02. The normalized spacial score (nSPS) is 12.2. The molecule has 0 aliphatic rings. The molecule has 0 saturated heterocycles. The van der Waals surface area contributed by atoms with Crippen LogP contribution in [0, 0.1) is 18.3 Å². The largest absolute Gasteiger partial charge is 0.291 e. The lowest BCUT2D eigenvalue weighted by Crippen LogP contribution is -2.11. The molecule has 3 rings (SSSR count). The number of Topliss-reactive ketones (excluding diaryl/α,β-unsaturated/α-hetero) is 1. The average Bonchev–Trinajstić information content (AvgIpc) is 3.02. The van der Waals surface area contributed by atoms with E-state index in [9.17, 15) is 10.1 Å². The highest BCUT2D eigenvalue weighted by Crippen LogP contribution is 2.33. The molecule has 0 N–H and O–H groups in total. The Kier molecular flexibility index (Phi) is 3.39. The van der Waals surface area contributed by atoms with Crippen LogP contribution in [0.4, 0.5) is 0 Å². The number of carbonyl (C=O) groups is 1. The Morgan fingerprint density at radius 1 is 1.25 bits per heavy atom. The van der Waals surface area contributed by atoms with E-state index in [2.05, 4.69) is 6.07 Å². The average molecular weight is 297 g/mol. The van der Waals surface area contributed by atoms with Gasteiger partial charge in [-0.25, -0.2) is 0 Å². The van der Waals surface area contributed by atoms with Crippen LogP contribution >= 0.6 is 22.7 Å². The standard InChI is InChI=1S/C16H11NOS2/c1-10-4-2-3-5-11(10)12(9-17)16(18)15-8-14-13(20-15)6-7-19-14/h2-8,12H,1H3. The number of thiophene rings is 2. The summed E-state index contributed by atoms with van der Waals surface area (Å²) in [7, 11) is 0. The molecule has 1 unspecified atom stereocenters. The van der Waals surface area contributed by atoms with Crippen LogP contribution in [0.3, 0.4) is 0 Å². The molecule has 0 spiro atoms. The van der Waals surface area contributed by atoms with Gasteiger partial charge in [0.15, 0.2) is 5.78 Å². The molecule has 1 atom stereocenters. The van der Waals surface area contributed by atoms with Crippen molar-refractivity contribution in [1.29, 1.82) is 5.26 Å². The van der Waals surface area contributed by atoms with Crippen LogP contribution in [0.1, 0.15) is 26.7 Å². The number of hydrogen-bond donors (Lipinski definition) is 0. The van der Waals surface area contributed by atoms with Gasteiger partial charge in [-0.05, 0) is 35.6 Å². The maximum atomic E-state index is 12.6. The topological polar surface area (TPSA) is 40.9 Å².